The van der Waals surface area contributed by atoms with E-state index in [4.69, 9.17) is 9.47 Å². The Balaban J connectivity index is 2.17. The van der Waals surface area contributed by atoms with Crippen molar-refractivity contribution in [1.29, 1.82) is 0 Å². The Bertz CT molecular complexity index is 768. The third-order valence-electron chi connectivity index (χ3n) is 5.23. The number of hydrogen-bond acceptors (Lipinski definition) is 6. The maximum atomic E-state index is 13.2. The van der Waals surface area contributed by atoms with Crippen molar-refractivity contribution in [3.8, 4) is 5.75 Å². The molecule has 0 spiro atoms. The highest BCUT2D eigenvalue weighted by Gasteiger charge is 2.34. The molecule has 1 aromatic carbocycles. The van der Waals surface area contributed by atoms with E-state index in [2.05, 4.69) is 10.6 Å². The lowest BCUT2D eigenvalue weighted by molar-refractivity contribution is -0.145. The highest BCUT2D eigenvalue weighted by molar-refractivity contribution is 5.90. The molecule has 0 heterocycles. The molecule has 172 valence electrons. The van der Waals surface area contributed by atoms with Crippen LogP contribution in [0.1, 0.15) is 58.4 Å². The SMILES string of the molecule is COC(=O)[C@H](Cc1cccc(O)c1)NC(=O)[C@@H](NC(=O)OC(C)(C)C)C1CCCCC1. The van der Waals surface area contributed by atoms with Gasteiger partial charge in [-0.25, -0.2) is 9.59 Å². The summed E-state index contributed by atoms with van der Waals surface area (Å²) in [5.41, 5.74) is -0.0216. The number of ether oxygens (including phenoxy) is 2. The van der Waals surface area contributed by atoms with E-state index < -0.39 is 35.7 Å². The van der Waals surface area contributed by atoms with Crippen molar-refractivity contribution in [2.75, 3.05) is 7.11 Å². The van der Waals surface area contributed by atoms with Crippen LogP contribution in [0.5, 0.6) is 5.75 Å². The Kier molecular flexibility index (Phi) is 8.71. The molecule has 0 saturated heterocycles. The number of nitrogens with one attached hydrogen (secondary N) is 2. The zero-order valence-corrected chi connectivity index (χ0v) is 18.8. The number of benzene rings is 1. The Labute approximate surface area is 183 Å². The number of phenolic OH excluding ortho intramolecular Hbond substituents is 1. The molecule has 1 aromatic rings. The average molecular weight is 435 g/mol. The lowest BCUT2D eigenvalue weighted by atomic mass is 9.83. The zero-order valence-electron chi connectivity index (χ0n) is 18.8. The summed E-state index contributed by atoms with van der Waals surface area (Å²) >= 11 is 0. The van der Waals surface area contributed by atoms with E-state index in [0.717, 1.165) is 32.1 Å². The molecule has 31 heavy (non-hydrogen) atoms. The molecule has 0 aromatic heterocycles. The van der Waals surface area contributed by atoms with Crippen LogP contribution in [-0.2, 0) is 25.5 Å². The molecule has 3 N–H and O–H groups in total. The molecule has 1 saturated carbocycles. The van der Waals surface area contributed by atoms with Crippen LogP contribution in [0.15, 0.2) is 24.3 Å². The number of esters is 1. The van der Waals surface area contributed by atoms with Crippen LogP contribution in [0.4, 0.5) is 4.79 Å². The van der Waals surface area contributed by atoms with Gasteiger partial charge in [-0.1, -0.05) is 31.4 Å². The second kappa shape index (κ2) is 11.0. The van der Waals surface area contributed by atoms with Crippen molar-refractivity contribution in [3.63, 3.8) is 0 Å². The second-order valence-electron chi connectivity index (χ2n) is 8.98. The first-order valence-corrected chi connectivity index (χ1v) is 10.7. The Morgan fingerprint density at radius 1 is 1.13 bits per heavy atom. The van der Waals surface area contributed by atoms with Gasteiger partial charge in [0, 0.05) is 6.42 Å². The van der Waals surface area contributed by atoms with Gasteiger partial charge in [0.15, 0.2) is 0 Å². The van der Waals surface area contributed by atoms with Crippen molar-refractivity contribution < 1.29 is 29.0 Å². The third kappa shape index (κ3) is 8.11. The second-order valence-corrected chi connectivity index (χ2v) is 8.98. The monoisotopic (exact) mass is 434 g/mol. The molecule has 0 radical (unpaired) electrons. The van der Waals surface area contributed by atoms with Crippen LogP contribution < -0.4 is 10.6 Å². The molecule has 0 aliphatic heterocycles. The molecular weight excluding hydrogens is 400 g/mol. The Hall–Kier alpha value is -2.77. The lowest BCUT2D eigenvalue weighted by Gasteiger charge is -2.31. The fourth-order valence-electron chi connectivity index (χ4n) is 3.82. The summed E-state index contributed by atoms with van der Waals surface area (Å²) in [5, 5.41) is 15.1. The summed E-state index contributed by atoms with van der Waals surface area (Å²) in [4.78, 5) is 37.9. The quantitative estimate of drug-likeness (QED) is 0.569. The third-order valence-corrected chi connectivity index (χ3v) is 5.23. The van der Waals surface area contributed by atoms with Crippen LogP contribution in [0, 0.1) is 5.92 Å². The van der Waals surface area contributed by atoms with Crippen LogP contribution in [0.3, 0.4) is 0 Å². The Morgan fingerprint density at radius 3 is 2.39 bits per heavy atom. The number of amides is 2. The highest BCUT2D eigenvalue weighted by Crippen LogP contribution is 2.27. The van der Waals surface area contributed by atoms with E-state index in [-0.39, 0.29) is 18.1 Å². The van der Waals surface area contributed by atoms with E-state index >= 15 is 0 Å². The summed E-state index contributed by atoms with van der Waals surface area (Å²) < 4.78 is 10.2. The van der Waals surface area contributed by atoms with Crippen molar-refractivity contribution in [1.82, 2.24) is 10.6 Å². The topological polar surface area (TPSA) is 114 Å². The molecule has 1 fully saturated rings. The van der Waals surface area contributed by atoms with E-state index in [0.29, 0.717) is 5.56 Å². The van der Waals surface area contributed by atoms with Gasteiger partial charge in [-0.2, -0.15) is 0 Å². The van der Waals surface area contributed by atoms with Crippen molar-refractivity contribution in [2.45, 2.75) is 77.0 Å². The molecule has 2 amide bonds. The number of hydrogen-bond donors (Lipinski definition) is 3. The molecule has 1 aliphatic rings. The number of methoxy groups -OCH3 is 1. The number of phenols is 1. The van der Waals surface area contributed by atoms with E-state index in [1.54, 1.807) is 32.9 Å². The van der Waals surface area contributed by atoms with Gasteiger partial charge in [-0.3, -0.25) is 4.79 Å². The van der Waals surface area contributed by atoms with Gasteiger partial charge < -0.3 is 25.2 Å². The summed E-state index contributed by atoms with van der Waals surface area (Å²) in [6, 6.07) is 4.70. The first-order chi connectivity index (χ1) is 14.6. The van der Waals surface area contributed by atoms with Crippen LogP contribution >= 0.6 is 0 Å². The van der Waals surface area contributed by atoms with E-state index in [1.165, 1.54) is 19.2 Å². The minimum atomic E-state index is -0.953. The fraction of sp³-hybridized carbons (Fsp3) is 0.609. The fourth-order valence-corrected chi connectivity index (χ4v) is 3.82. The standard InChI is InChI=1S/C23H34N2O6/c1-23(2,3)31-22(29)25-19(16-10-6-5-7-11-16)20(27)24-18(21(28)30-4)14-15-9-8-12-17(26)13-15/h8-9,12-13,16,18-19,26H,5-7,10-11,14H2,1-4H3,(H,24,27)(H,25,29)/t18-,19-/m0/s1. The van der Waals surface area contributed by atoms with Gasteiger partial charge in [-0.05, 0) is 57.2 Å². The molecule has 1 aliphatic carbocycles. The minimum Gasteiger partial charge on any atom is -0.508 e. The van der Waals surface area contributed by atoms with Crippen molar-refractivity contribution in [3.05, 3.63) is 29.8 Å². The van der Waals surface area contributed by atoms with Crippen molar-refractivity contribution in [2.24, 2.45) is 5.92 Å². The number of carbonyl (C=O) groups excluding carboxylic acids is 3. The molecule has 0 bridgehead atoms. The normalized spacial score (nSPS) is 16.6. The lowest BCUT2D eigenvalue weighted by Crippen LogP contribution is -2.56. The molecule has 8 nitrogen and oxygen atoms in total. The molecular formula is C23H34N2O6. The molecule has 0 unspecified atom stereocenters. The van der Waals surface area contributed by atoms with Gasteiger partial charge >= 0.3 is 12.1 Å². The molecule has 2 atom stereocenters. The van der Waals surface area contributed by atoms with Gasteiger partial charge in [0.1, 0.15) is 23.4 Å². The zero-order chi connectivity index (χ0) is 23.0. The minimum absolute atomic E-state index is 0.0414. The first kappa shape index (κ1) is 24.5. The predicted octanol–water partition coefficient (Wildman–Crippen LogP) is 3.07. The maximum absolute atomic E-state index is 13.2. The van der Waals surface area contributed by atoms with Crippen LogP contribution in [0.2, 0.25) is 0 Å². The van der Waals surface area contributed by atoms with Gasteiger partial charge in [0.2, 0.25) is 5.91 Å². The number of carbonyl (C=O) groups is 3. The molecule has 8 heteroatoms. The summed E-state index contributed by atoms with van der Waals surface area (Å²) in [6.07, 6.45) is 4.16. The Morgan fingerprint density at radius 2 is 1.81 bits per heavy atom. The van der Waals surface area contributed by atoms with Crippen LogP contribution in [0.25, 0.3) is 0 Å². The maximum Gasteiger partial charge on any atom is 0.408 e. The summed E-state index contributed by atoms with van der Waals surface area (Å²) in [7, 11) is 1.25. The van der Waals surface area contributed by atoms with Crippen LogP contribution in [-0.4, -0.2) is 47.9 Å². The molecule has 2 rings (SSSR count). The van der Waals surface area contributed by atoms with Crippen molar-refractivity contribution >= 4 is 18.0 Å². The van der Waals surface area contributed by atoms with Gasteiger partial charge in [-0.15, -0.1) is 0 Å². The largest absolute Gasteiger partial charge is 0.508 e. The highest BCUT2D eigenvalue weighted by atomic mass is 16.6. The summed E-state index contributed by atoms with van der Waals surface area (Å²) in [5.74, 6) is -1.02. The number of rotatable bonds is 7. The number of alkyl carbamates (subject to hydrolysis) is 1. The van der Waals surface area contributed by atoms with E-state index in [9.17, 15) is 19.5 Å². The van der Waals surface area contributed by atoms with E-state index in [1.807, 2.05) is 0 Å². The van der Waals surface area contributed by atoms with Gasteiger partial charge in [0.05, 0.1) is 7.11 Å². The average Bonchev–Trinajstić information content (AvgIpc) is 2.70. The summed E-state index contributed by atoms with van der Waals surface area (Å²) in [6.45, 7) is 5.26. The number of aromatic hydroxyl groups is 1. The predicted molar refractivity (Wildman–Crippen MR) is 115 cm³/mol. The smallest absolute Gasteiger partial charge is 0.408 e. The first-order valence-electron chi connectivity index (χ1n) is 10.7. The van der Waals surface area contributed by atoms with Gasteiger partial charge in [0.25, 0.3) is 0 Å².